The highest BCUT2D eigenvalue weighted by molar-refractivity contribution is 5.94. The highest BCUT2D eigenvalue weighted by atomic mass is 16.5. The van der Waals surface area contributed by atoms with Crippen molar-refractivity contribution in [2.75, 3.05) is 25.5 Å². The van der Waals surface area contributed by atoms with Gasteiger partial charge in [0.1, 0.15) is 12.4 Å². The van der Waals surface area contributed by atoms with Crippen molar-refractivity contribution in [3.05, 3.63) is 75.7 Å². The van der Waals surface area contributed by atoms with Crippen LogP contribution in [-0.4, -0.2) is 36.1 Å². The third-order valence-electron chi connectivity index (χ3n) is 5.19. The normalized spacial score (nSPS) is 11.2. The second kappa shape index (κ2) is 9.65. The fourth-order valence-corrected chi connectivity index (χ4v) is 3.41. The van der Waals surface area contributed by atoms with Gasteiger partial charge >= 0.3 is 0 Å². The zero-order chi connectivity index (χ0) is 23.3. The van der Waals surface area contributed by atoms with Crippen molar-refractivity contribution in [2.24, 2.45) is 5.73 Å². The standard InChI is InChI=1S/C24H29N5O3/c1-15-9-10-16(21(25)30)13-17(15)19-14-27-23(31)22(28-19)29-24(2,3)18-7-5-6-8-20(18)32-12-11-26-4/h5-10,13-14,26H,11-12H2,1-4H3,(H2,25,30)(H,27,31)(H,28,29). The molecule has 3 aromatic rings. The van der Waals surface area contributed by atoms with Crippen LogP contribution in [0.15, 0.2) is 53.5 Å². The summed E-state index contributed by atoms with van der Waals surface area (Å²) in [6.45, 7) is 7.06. The second-order valence-corrected chi connectivity index (χ2v) is 8.06. The molecule has 0 unspecified atom stereocenters. The average Bonchev–Trinajstić information content (AvgIpc) is 2.76. The van der Waals surface area contributed by atoms with Crippen molar-refractivity contribution < 1.29 is 9.53 Å². The van der Waals surface area contributed by atoms with Gasteiger partial charge in [0.15, 0.2) is 5.82 Å². The summed E-state index contributed by atoms with van der Waals surface area (Å²) in [4.78, 5) is 31.5. The third-order valence-corrected chi connectivity index (χ3v) is 5.19. The molecule has 1 amide bonds. The predicted octanol–water partition coefficient (Wildman–Crippen LogP) is 2.79. The van der Waals surface area contributed by atoms with Gasteiger partial charge < -0.3 is 26.1 Å². The molecule has 0 radical (unpaired) electrons. The molecular weight excluding hydrogens is 406 g/mol. The molecule has 168 valence electrons. The molecule has 1 heterocycles. The minimum absolute atomic E-state index is 0.168. The number of hydrogen-bond acceptors (Lipinski definition) is 6. The summed E-state index contributed by atoms with van der Waals surface area (Å²) in [5, 5.41) is 6.31. The van der Waals surface area contributed by atoms with Gasteiger partial charge in [0.25, 0.3) is 5.56 Å². The van der Waals surface area contributed by atoms with E-state index < -0.39 is 11.4 Å². The lowest BCUT2D eigenvalue weighted by Gasteiger charge is -2.29. The van der Waals surface area contributed by atoms with Crippen molar-refractivity contribution in [1.82, 2.24) is 15.3 Å². The van der Waals surface area contributed by atoms with Crippen LogP contribution in [0.1, 0.15) is 35.3 Å². The second-order valence-electron chi connectivity index (χ2n) is 8.06. The molecule has 0 aliphatic carbocycles. The number of amides is 1. The van der Waals surface area contributed by atoms with Gasteiger partial charge in [-0.2, -0.15) is 0 Å². The number of para-hydroxylation sites is 1. The molecule has 0 atom stereocenters. The number of primary amides is 1. The molecule has 0 aliphatic rings. The van der Waals surface area contributed by atoms with E-state index in [0.29, 0.717) is 23.4 Å². The van der Waals surface area contributed by atoms with Crippen LogP contribution in [0.2, 0.25) is 0 Å². The molecule has 8 heteroatoms. The molecule has 0 aliphatic heterocycles. The van der Waals surface area contributed by atoms with E-state index >= 15 is 0 Å². The molecule has 0 saturated heterocycles. The van der Waals surface area contributed by atoms with Gasteiger partial charge in [0, 0.05) is 29.4 Å². The van der Waals surface area contributed by atoms with Crippen molar-refractivity contribution in [1.29, 1.82) is 0 Å². The van der Waals surface area contributed by atoms with E-state index in [-0.39, 0.29) is 11.4 Å². The number of ether oxygens (including phenoxy) is 1. The summed E-state index contributed by atoms with van der Waals surface area (Å²) in [5.41, 5.74) is 7.85. The zero-order valence-corrected chi connectivity index (χ0v) is 18.8. The number of H-pyrrole nitrogens is 1. The Morgan fingerprint density at radius 2 is 1.97 bits per heavy atom. The monoisotopic (exact) mass is 435 g/mol. The van der Waals surface area contributed by atoms with Crippen molar-refractivity contribution in [3.63, 3.8) is 0 Å². The lowest BCUT2D eigenvalue weighted by atomic mass is 9.93. The number of aromatic amines is 1. The molecular formula is C24H29N5O3. The number of likely N-dealkylation sites (N-methyl/N-ethyl adjacent to an activating group) is 1. The Morgan fingerprint density at radius 1 is 1.22 bits per heavy atom. The third kappa shape index (κ3) is 5.15. The van der Waals surface area contributed by atoms with Crippen LogP contribution in [0.25, 0.3) is 11.3 Å². The molecule has 1 aromatic heterocycles. The van der Waals surface area contributed by atoms with Crippen molar-refractivity contribution in [3.8, 4) is 17.0 Å². The number of nitrogens with one attached hydrogen (secondary N) is 3. The minimum Gasteiger partial charge on any atom is -0.492 e. The Morgan fingerprint density at radius 3 is 2.69 bits per heavy atom. The van der Waals surface area contributed by atoms with Crippen LogP contribution < -0.4 is 26.7 Å². The van der Waals surface area contributed by atoms with Gasteiger partial charge in [-0.3, -0.25) is 9.59 Å². The van der Waals surface area contributed by atoms with E-state index in [1.54, 1.807) is 18.2 Å². The fraction of sp³-hybridized carbons (Fsp3) is 0.292. The maximum Gasteiger partial charge on any atom is 0.290 e. The van der Waals surface area contributed by atoms with Gasteiger partial charge in [-0.05, 0) is 51.6 Å². The van der Waals surface area contributed by atoms with E-state index in [2.05, 4.69) is 20.6 Å². The Balaban J connectivity index is 1.96. The first-order valence-corrected chi connectivity index (χ1v) is 10.4. The highest BCUT2D eigenvalue weighted by Crippen LogP contribution is 2.32. The van der Waals surface area contributed by atoms with Crippen LogP contribution in [0.5, 0.6) is 5.75 Å². The van der Waals surface area contributed by atoms with Crippen molar-refractivity contribution >= 4 is 11.7 Å². The number of anilines is 1. The maximum absolute atomic E-state index is 12.6. The van der Waals surface area contributed by atoms with Crippen LogP contribution in [0.4, 0.5) is 5.82 Å². The van der Waals surface area contributed by atoms with E-state index in [0.717, 1.165) is 23.4 Å². The molecule has 32 heavy (non-hydrogen) atoms. The van der Waals surface area contributed by atoms with E-state index in [4.69, 9.17) is 10.5 Å². The molecule has 0 spiro atoms. The number of hydrogen-bond donors (Lipinski definition) is 4. The van der Waals surface area contributed by atoms with Gasteiger partial charge in [-0.1, -0.05) is 24.3 Å². The molecule has 0 saturated carbocycles. The number of nitrogens with zero attached hydrogens (tertiary/aromatic N) is 1. The van der Waals surface area contributed by atoms with Gasteiger partial charge in [-0.15, -0.1) is 0 Å². The first-order chi connectivity index (χ1) is 15.2. The Bertz CT molecular complexity index is 1170. The summed E-state index contributed by atoms with van der Waals surface area (Å²) in [6, 6.07) is 12.8. The fourth-order valence-electron chi connectivity index (χ4n) is 3.41. The largest absolute Gasteiger partial charge is 0.492 e. The molecule has 8 nitrogen and oxygen atoms in total. The van der Waals surface area contributed by atoms with Gasteiger partial charge in [-0.25, -0.2) is 4.98 Å². The van der Waals surface area contributed by atoms with Gasteiger partial charge in [0.05, 0.1) is 11.2 Å². The summed E-state index contributed by atoms with van der Waals surface area (Å²) in [7, 11) is 1.87. The Kier molecular flexibility index (Phi) is 6.95. The SMILES string of the molecule is CNCCOc1ccccc1C(C)(C)Nc1nc(-c2cc(C(N)=O)ccc2C)c[nH]c1=O. The zero-order valence-electron chi connectivity index (χ0n) is 18.8. The number of carbonyl (C=O) groups excluding carboxylic acids is 1. The smallest absolute Gasteiger partial charge is 0.290 e. The van der Waals surface area contributed by atoms with E-state index in [1.165, 1.54) is 6.20 Å². The summed E-state index contributed by atoms with van der Waals surface area (Å²) in [5.74, 6) is 0.379. The van der Waals surface area contributed by atoms with Crippen LogP contribution in [-0.2, 0) is 5.54 Å². The Hall–Kier alpha value is -3.65. The van der Waals surface area contributed by atoms with Crippen LogP contribution in [0.3, 0.4) is 0 Å². The minimum atomic E-state index is -0.654. The van der Waals surface area contributed by atoms with Crippen LogP contribution >= 0.6 is 0 Å². The first-order valence-electron chi connectivity index (χ1n) is 10.4. The Labute approximate surface area is 187 Å². The molecule has 2 aromatic carbocycles. The maximum atomic E-state index is 12.6. The summed E-state index contributed by atoms with van der Waals surface area (Å²) >= 11 is 0. The number of nitrogens with two attached hydrogens (primary N) is 1. The molecule has 3 rings (SSSR count). The molecule has 0 bridgehead atoms. The molecule has 5 N–H and O–H groups in total. The predicted molar refractivity (Wildman–Crippen MR) is 126 cm³/mol. The highest BCUT2D eigenvalue weighted by Gasteiger charge is 2.26. The van der Waals surface area contributed by atoms with E-state index in [9.17, 15) is 9.59 Å². The number of aryl methyl sites for hydroxylation is 1. The lowest BCUT2D eigenvalue weighted by Crippen LogP contribution is -2.32. The van der Waals surface area contributed by atoms with Crippen LogP contribution in [0, 0.1) is 6.92 Å². The first kappa shape index (κ1) is 23.0. The quantitative estimate of drug-likeness (QED) is 0.384. The average molecular weight is 436 g/mol. The lowest BCUT2D eigenvalue weighted by molar-refractivity contribution is 0.100. The summed E-state index contributed by atoms with van der Waals surface area (Å²) < 4.78 is 5.92. The summed E-state index contributed by atoms with van der Waals surface area (Å²) in [6.07, 6.45) is 1.53. The topological polar surface area (TPSA) is 122 Å². The number of carbonyl (C=O) groups is 1. The number of rotatable bonds is 9. The number of aromatic nitrogens is 2. The molecule has 0 fully saturated rings. The number of benzene rings is 2. The van der Waals surface area contributed by atoms with E-state index in [1.807, 2.05) is 52.1 Å². The van der Waals surface area contributed by atoms with Crippen molar-refractivity contribution in [2.45, 2.75) is 26.3 Å². The van der Waals surface area contributed by atoms with Gasteiger partial charge in [0.2, 0.25) is 5.91 Å².